The molecule has 7 atom stereocenters. The molecule has 236 valence electrons. The molecule has 2 aromatic rings. The second kappa shape index (κ2) is 13.0. The number of nitrogen functional groups attached to an aromatic ring is 1. The number of fused-ring (bicyclic) bond motifs is 1. The predicted octanol–water partition coefficient (Wildman–Crippen LogP) is 6.78. The number of aromatic nitrogens is 4. The van der Waals surface area contributed by atoms with Gasteiger partial charge in [-0.1, -0.05) is 38.8 Å². The first-order valence-electron chi connectivity index (χ1n) is 14.9. The Hall–Kier alpha value is -1.33. The molecule has 0 amide bonds. The lowest BCUT2D eigenvalue weighted by Gasteiger charge is -2.43. The zero-order chi connectivity index (χ0) is 31.0. The zero-order valence-electron chi connectivity index (χ0n) is 26.9. The van der Waals surface area contributed by atoms with Crippen molar-refractivity contribution in [3.05, 3.63) is 24.8 Å². The largest absolute Gasteiger partial charge is 0.414 e. The second-order valence-corrected chi connectivity index (χ2v) is 22.1. The third-order valence-electron chi connectivity index (χ3n) is 9.46. The summed E-state index contributed by atoms with van der Waals surface area (Å²) in [6.45, 7) is 24.6. The Morgan fingerprint density at radius 2 is 1.93 bits per heavy atom. The van der Waals surface area contributed by atoms with E-state index in [0.717, 1.165) is 30.6 Å². The molecule has 0 aromatic carbocycles. The number of nitrogens with zero attached hydrogens (tertiary/aromatic N) is 4. The Labute approximate surface area is 257 Å². The molecule has 1 saturated heterocycles. The maximum Gasteiger partial charge on any atom is 0.192 e. The summed E-state index contributed by atoms with van der Waals surface area (Å²) in [6.07, 6.45) is 6.19. The van der Waals surface area contributed by atoms with Crippen LogP contribution in [0.3, 0.4) is 0 Å². The van der Waals surface area contributed by atoms with Gasteiger partial charge < -0.3 is 23.9 Å². The Kier molecular flexibility index (Phi) is 10.3. The minimum Gasteiger partial charge on any atom is -0.414 e. The fourth-order valence-electron chi connectivity index (χ4n) is 5.32. The molecule has 42 heavy (non-hydrogen) atoms. The topological polar surface area (TPSA) is 107 Å². The lowest BCUT2D eigenvalue weighted by atomic mass is 9.77. The van der Waals surface area contributed by atoms with Gasteiger partial charge in [-0.2, -0.15) is 11.4 Å². The van der Waals surface area contributed by atoms with Crippen LogP contribution in [-0.4, -0.2) is 68.7 Å². The van der Waals surface area contributed by atoms with Crippen molar-refractivity contribution in [1.29, 1.82) is 0 Å². The van der Waals surface area contributed by atoms with Crippen LogP contribution in [0.25, 0.3) is 11.2 Å². The molecular formula is C30H52N5O4PSSi. The van der Waals surface area contributed by atoms with Crippen LogP contribution in [-0.2, 0) is 18.2 Å². The van der Waals surface area contributed by atoms with Crippen LogP contribution in [0.15, 0.2) is 24.8 Å². The summed E-state index contributed by atoms with van der Waals surface area (Å²) in [4.78, 5) is 13.0. The number of anilines is 1. The summed E-state index contributed by atoms with van der Waals surface area (Å²) in [5, 5.41) is 1.25. The molecule has 2 fully saturated rings. The molecule has 2 aromatic heterocycles. The first-order chi connectivity index (χ1) is 19.6. The normalized spacial score (nSPS) is 29.6. The highest BCUT2D eigenvalue weighted by atomic mass is 32.1. The van der Waals surface area contributed by atoms with Crippen molar-refractivity contribution in [3.8, 4) is 0 Å². The van der Waals surface area contributed by atoms with Crippen LogP contribution < -0.4 is 5.73 Å². The Balaban J connectivity index is 1.60. The van der Waals surface area contributed by atoms with Gasteiger partial charge in [0.15, 0.2) is 19.8 Å². The first-order valence-corrected chi connectivity index (χ1v) is 20.2. The van der Waals surface area contributed by atoms with Crippen molar-refractivity contribution < 1.29 is 18.2 Å². The van der Waals surface area contributed by atoms with Crippen LogP contribution in [0.2, 0.25) is 18.1 Å². The number of hydrogen-bond donors (Lipinski definition) is 2. The molecule has 12 heteroatoms. The molecule has 1 saturated carbocycles. The van der Waals surface area contributed by atoms with Crippen LogP contribution >= 0.6 is 19.3 Å². The molecule has 1 aliphatic carbocycles. The molecule has 2 N–H and O–H groups in total. The van der Waals surface area contributed by atoms with E-state index in [9.17, 15) is 0 Å². The number of ether oxygens (including phenoxy) is 1. The van der Waals surface area contributed by atoms with Crippen LogP contribution in [0.1, 0.15) is 80.4 Å². The van der Waals surface area contributed by atoms with Gasteiger partial charge in [-0.25, -0.2) is 15.0 Å². The van der Waals surface area contributed by atoms with Crippen molar-refractivity contribution >= 4 is 55.8 Å². The number of nitrogens with two attached hydrogens (primary N) is 1. The van der Waals surface area contributed by atoms with E-state index < -0.39 is 16.3 Å². The van der Waals surface area contributed by atoms with E-state index in [-0.39, 0.29) is 34.3 Å². The van der Waals surface area contributed by atoms with E-state index in [4.69, 9.17) is 23.9 Å². The molecular weight excluding hydrogens is 585 g/mol. The zero-order valence-corrected chi connectivity index (χ0v) is 29.8. The van der Waals surface area contributed by atoms with Gasteiger partial charge in [-0.05, 0) is 76.3 Å². The minimum atomic E-state index is -2.02. The van der Waals surface area contributed by atoms with Gasteiger partial charge >= 0.3 is 0 Å². The SMILES string of the molecule is C=[SH][C@@]1(C)CC[C@@H](C(=C)C)C[C@@H]1O[PH](O[C@H]1C[C@H](n2cnc3c(N)ncnc32)O[C@@H]1CO[Si](C)(C)C(C)(C)C)=C(C)C. The van der Waals surface area contributed by atoms with Crippen molar-refractivity contribution in [2.24, 2.45) is 5.92 Å². The molecule has 9 nitrogen and oxygen atoms in total. The number of rotatable bonds is 10. The van der Waals surface area contributed by atoms with E-state index in [1.54, 1.807) is 6.33 Å². The summed E-state index contributed by atoms with van der Waals surface area (Å²) in [6, 6.07) is 0. The quantitative estimate of drug-likeness (QED) is 0.0966. The molecule has 3 heterocycles. The maximum absolute atomic E-state index is 6.97. The molecule has 1 unspecified atom stereocenters. The van der Waals surface area contributed by atoms with Gasteiger partial charge in [0.05, 0.1) is 25.1 Å². The Bertz CT molecular complexity index is 1340. The molecule has 1 aliphatic heterocycles. The fraction of sp³-hybridized carbons (Fsp3) is 0.700. The highest BCUT2D eigenvalue weighted by Crippen LogP contribution is 2.48. The molecule has 0 spiro atoms. The molecule has 2 aliphatic rings. The fourth-order valence-corrected chi connectivity index (χ4v) is 8.75. The van der Waals surface area contributed by atoms with Crippen LogP contribution in [0.5, 0.6) is 0 Å². The smallest absolute Gasteiger partial charge is 0.192 e. The minimum absolute atomic E-state index is 0.0183. The molecule has 0 bridgehead atoms. The third-order valence-corrected chi connectivity index (χ3v) is 17.0. The monoisotopic (exact) mass is 637 g/mol. The average Bonchev–Trinajstić information content (AvgIpc) is 3.52. The highest BCUT2D eigenvalue weighted by molar-refractivity contribution is 7.97. The van der Waals surface area contributed by atoms with E-state index in [0.29, 0.717) is 35.9 Å². The standard InChI is InChI=1S/C30H52N5O4PSSi/c1-19(2)21-12-13-30(8,41-9)24(14-21)39-40(20(3)4)38-22-15-25(35-18-34-26-27(31)32-17-33-28(26)35)37-23(22)16-36-42(10,11)29(5,6)7/h17-18,21-25,40-41H,1,9,12-16H2,2-8,10-11H3,(H2,31,32,33)/t21-,22+,23-,24+,25-,30+/m1/s1. The van der Waals surface area contributed by atoms with Crippen molar-refractivity contribution in [3.63, 3.8) is 0 Å². The van der Waals surface area contributed by atoms with Gasteiger partial charge in [0.25, 0.3) is 0 Å². The van der Waals surface area contributed by atoms with Gasteiger partial charge in [0, 0.05) is 11.2 Å². The Morgan fingerprint density at radius 3 is 2.55 bits per heavy atom. The highest BCUT2D eigenvalue weighted by Gasteiger charge is 2.44. The maximum atomic E-state index is 6.97. The second-order valence-electron chi connectivity index (χ2n) is 13.9. The van der Waals surface area contributed by atoms with Crippen molar-refractivity contribution in [2.45, 2.75) is 122 Å². The lowest BCUT2D eigenvalue weighted by Crippen LogP contribution is -2.44. The molecule has 4 rings (SSSR count). The van der Waals surface area contributed by atoms with Gasteiger partial charge in [-0.15, -0.1) is 0 Å². The van der Waals surface area contributed by atoms with Crippen LogP contribution in [0.4, 0.5) is 5.82 Å². The van der Waals surface area contributed by atoms with Crippen molar-refractivity contribution in [2.75, 3.05) is 12.3 Å². The van der Waals surface area contributed by atoms with E-state index in [1.807, 2.05) is 4.57 Å². The summed E-state index contributed by atoms with van der Waals surface area (Å²) in [5.41, 5.74) is 8.52. The molecule has 0 radical (unpaired) electrons. The summed E-state index contributed by atoms with van der Waals surface area (Å²) >= 11 is 1.10. The van der Waals surface area contributed by atoms with E-state index in [1.165, 1.54) is 17.2 Å². The third kappa shape index (κ3) is 7.14. The predicted molar refractivity (Wildman–Crippen MR) is 182 cm³/mol. The van der Waals surface area contributed by atoms with Gasteiger partial charge in [0.1, 0.15) is 32.2 Å². The average molecular weight is 638 g/mol. The number of allylic oxidation sites excluding steroid dienone is 1. The lowest BCUT2D eigenvalue weighted by molar-refractivity contribution is -0.0372. The number of hydrogen-bond acceptors (Lipinski definition) is 8. The van der Waals surface area contributed by atoms with Gasteiger partial charge in [0.2, 0.25) is 0 Å². The Morgan fingerprint density at radius 1 is 1.21 bits per heavy atom. The first kappa shape index (κ1) is 33.6. The number of thiol groups is 1. The number of imidazole rings is 1. The van der Waals surface area contributed by atoms with Crippen LogP contribution in [0, 0.1) is 5.92 Å². The van der Waals surface area contributed by atoms with Gasteiger partial charge in [-0.3, -0.25) is 4.57 Å². The van der Waals surface area contributed by atoms with E-state index in [2.05, 4.69) is 89.0 Å². The van der Waals surface area contributed by atoms with Crippen molar-refractivity contribution in [1.82, 2.24) is 19.5 Å². The summed E-state index contributed by atoms with van der Waals surface area (Å²) in [5.74, 6) is 5.09. The van der Waals surface area contributed by atoms with E-state index >= 15 is 0 Å². The summed E-state index contributed by atoms with van der Waals surface area (Å²) < 4.78 is 29.2. The summed E-state index contributed by atoms with van der Waals surface area (Å²) in [7, 11) is -3.78.